The predicted molar refractivity (Wildman–Crippen MR) is 135 cm³/mol. The summed E-state index contributed by atoms with van der Waals surface area (Å²) in [6, 6.07) is 8.86. The first-order valence-corrected chi connectivity index (χ1v) is 12.5. The van der Waals surface area contributed by atoms with Gasteiger partial charge in [0, 0.05) is 4.75 Å². The third-order valence-electron chi connectivity index (χ3n) is 6.34. The third kappa shape index (κ3) is 4.96. The molecule has 6 N–H and O–H groups in total. The number of rotatable bonds is 8. The molecule has 2 heterocycles. The van der Waals surface area contributed by atoms with Gasteiger partial charge in [-0.2, -0.15) is 0 Å². The SMILES string of the molecule is CC1(C)SC2C(NC(=O)C(NC(=O)CNC(=O)c3cccc(O)c3O)c3ccccc3)C(=O)N2C1C(=O)O. The monoisotopic (exact) mass is 542 g/mol. The van der Waals surface area contributed by atoms with Gasteiger partial charge in [0.2, 0.25) is 17.7 Å². The number of carboxylic acids is 1. The van der Waals surface area contributed by atoms with Crippen molar-refractivity contribution in [2.45, 2.75) is 42.1 Å². The number of β-lactam (4-membered cyclic amide) rings is 1. The van der Waals surface area contributed by atoms with Crippen molar-refractivity contribution in [1.82, 2.24) is 20.9 Å². The number of fused-ring (bicyclic) bond motifs is 1. The number of phenols is 2. The zero-order valence-electron chi connectivity index (χ0n) is 20.4. The Morgan fingerprint density at radius 3 is 2.39 bits per heavy atom. The molecule has 0 saturated carbocycles. The average Bonchev–Trinajstić information content (AvgIpc) is 3.14. The highest BCUT2D eigenvalue weighted by Gasteiger charge is 2.64. The Bertz CT molecular complexity index is 1300. The number of carbonyl (C=O) groups excluding carboxylic acids is 4. The standard InChI is InChI=1S/C25H26N4O8S/c1-25(2)19(24(36)37)29-22(35)17(23(29)38-25)28-21(34)16(12-7-4-3-5-8-12)27-15(31)11-26-20(33)13-9-6-10-14(30)18(13)32/h3-10,16-17,19,23,30,32H,11H2,1-2H3,(H,26,33)(H,27,31)(H,28,34)(H,36,37). The topological polar surface area (TPSA) is 185 Å². The first kappa shape index (κ1) is 26.8. The molecule has 0 radical (unpaired) electrons. The molecular weight excluding hydrogens is 516 g/mol. The van der Waals surface area contributed by atoms with E-state index in [9.17, 15) is 39.3 Å². The van der Waals surface area contributed by atoms with Gasteiger partial charge in [-0.15, -0.1) is 11.8 Å². The van der Waals surface area contributed by atoms with E-state index in [4.69, 9.17) is 0 Å². The number of benzene rings is 2. The van der Waals surface area contributed by atoms with Crippen LogP contribution < -0.4 is 16.0 Å². The van der Waals surface area contributed by atoms with Gasteiger partial charge in [0.15, 0.2) is 11.5 Å². The van der Waals surface area contributed by atoms with Crippen molar-refractivity contribution < 1.29 is 39.3 Å². The molecule has 2 aliphatic heterocycles. The smallest absolute Gasteiger partial charge is 0.327 e. The second-order valence-corrected chi connectivity index (χ2v) is 11.1. The minimum atomic E-state index is -1.22. The van der Waals surface area contributed by atoms with E-state index in [0.717, 1.165) is 0 Å². The number of nitrogens with zero attached hydrogens (tertiary/aromatic N) is 1. The fourth-order valence-electron chi connectivity index (χ4n) is 4.51. The van der Waals surface area contributed by atoms with Gasteiger partial charge in [-0.3, -0.25) is 19.2 Å². The molecule has 0 bridgehead atoms. The molecule has 13 heteroatoms. The molecule has 200 valence electrons. The van der Waals surface area contributed by atoms with Crippen LogP contribution in [0.1, 0.15) is 35.8 Å². The van der Waals surface area contributed by atoms with Crippen LogP contribution in [0.25, 0.3) is 0 Å². The third-order valence-corrected chi connectivity index (χ3v) is 7.91. The van der Waals surface area contributed by atoms with E-state index < -0.39 is 75.9 Å². The van der Waals surface area contributed by atoms with Gasteiger partial charge < -0.3 is 36.2 Å². The number of carboxylic acid groups (broad SMARTS) is 1. The Morgan fingerprint density at radius 1 is 1.05 bits per heavy atom. The molecule has 38 heavy (non-hydrogen) atoms. The largest absolute Gasteiger partial charge is 0.504 e. The lowest BCUT2D eigenvalue weighted by atomic mass is 9.95. The van der Waals surface area contributed by atoms with Crippen molar-refractivity contribution in [3.05, 3.63) is 59.7 Å². The minimum absolute atomic E-state index is 0.236. The molecule has 0 aromatic heterocycles. The van der Waals surface area contributed by atoms with Crippen molar-refractivity contribution in [2.75, 3.05) is 6.54 Å². The van der Waals surface area contributed by atoms with Crippen LogP contribution in [0.4, 0.5) is 0 Å². The lowest BCUT2D eigenvalue weighted by Crippen LogP contribution is -2.71. The molecule has 4 atom stereocenters. The number of carbonyl (C=O) groups is 5. The summed E-state index contributed by atoms with van der Waals surface area (Å²) in [7, 11) is 0. The molecule has 2 aliphatic rings. The number of thioether (sulfide) groups is 1. The molecule has 2 saturated heterocycles. The highest BCUT2D eigenvalue weighted by atomic mass is 32.2. The van der Waals surface area contributed by atoms with Crippen LogP contribution in [0.2, 0.25) is 0 Å². The molecule has 12 nitrogen and oxygen atoms in total. The molecule has 4 amide bonds. The second-order valence-electron chi connectivity index (χ2n) is 9.35. The Hall–Kier alpha value is -4.26. The van der Waals surface area contributed by atoms with Crippen molar-refractivity contribution in [3.8, 4) is 11.5 Å². The summed E-state index contributed by atoms with van der Waals surface area (Å²) in [5, 5.41) is 35.9. The summed E-state index contributed by atoms with van der Waals surface area (Å²) in [6.45, 7) is 2.89. The highest BCUT2D eigenvalue weighted by Crippen LogP contribution is 2.50. The number of hydrogen-bond donors (Lipinski definition) is 6. The van der Waals surface area contributed by atoms with Crippen LogP contribution in [-0.4, -0.2) is 78.6 Å². The van der Waals surface area contributed by atoms with Crippen molar-refractivity contribution >= 4 is 41.4 Å². The van der Waals surface area contributed by atoms with E-state index in [0.29, 0.717) is 5.56 Å². The summed E-state index contributed by atoms with van der Waals surface area (Å²) in [6.07, 6.45) is 0. The predicted octanol–water partition coefficient (Wildman–Crippen LogP) is 0.317. The van der Waals surface area contributed by atoms with Crippen LogP contribution >= 0.6 is 11.8 Å². The first-order chi connectivity index (χ1) is 17.9. The normalized spacial score (nSPS) is 22.0. The maximum Gasteiger partial charge on any atom is 0.327 e. The lowest BCUT2D eigenvalue weighted by molar-refractivity contribution is -0.161. The van der Waals surface area contributed by atoms with Crippen LogP contribution in [0, 0.1) is 0 Å². The van der Waals surface area contributed by atoms with Crippen molar-refractivity contribution in [2.24, 2.45) is 0 Å². The second kappa shape index (κ2) is 10.2. The number of nitrogens with one attached hydrogen (secondary N) is 3. The summed E-state index contributed by atoms with van der Waals surface area (Å²) < 4.78 is -0.763. The molecule has 0 aliphatic carbocycles. The molecule has 4 rings (SSSR count). The Morgan fingerprint density at radius 2 is 1.74 bits per heavy atom. The number of phenolic OH excluding ortho intramolecular Hbond substituents is 2. The first-order valence-electron chi connectivity index (χ1n) is 11.6. The maximum absolute atomic E-state index is 13.3. The summed E-state index contributed by atoms with van der Waals surface area (Å²) in [4.78, 5) is 64.1. The van der Waals surface area contributed by atoms with Gasteiger partial charge in [0.1, 0.15) is 23.5 Å². The zero-order chi connectivity index (χ0) is 27.8. The molecule has 2 fully saturated rings. The van der Waals surface area contributed by atoms with Crippen molar-refractivity contribution in [3.63, 3.8) is 0 Å². The van der Waals surface area contributed by atoms with Crippen LogP contribution in [0.5, 0.6) is 11.5 Å². The fourth-order valence-corrected chi connectivity index (χ4v) is 6.14. The Kier molecular flexibility index (Phi) is 7.22. The summed E-state index contributed by atoms with van der Waals surface area (Å²) >= 11 is 1.28. The lowest BCUT2D eigenvalue weighted by Gasteiger charge is -2.44. The Labute approximate surface area is 221 Å². The van der Waals surface area contributed by atoms with E-state index in [2.05, 4.69) is 16.0 Å². The number of aromatic hydroxyl groups is 2. The molecule has 2 aromatic rings. The molecule has 4 unspecified atom stereocenters. The average molecular weight is 543 g/mol. The van der Waals surface area contributed by atoms with Gasteiger partial charge in [-0.1, -0.05) is 36.4 Å². The maximum atomic E-state index is 13.3. The number of aliphatic carboxylic acids is 1. The zero-order valence-corrected chi connectivity index (χ0v) is 21.2. The number of hydrogen-bond acceptors (Lipinski definition) is 8. The van der Waals surface area contributed by atoms with E-state index in [-0.39, 0.29) is 5.56 Å². The van der Waals surface area contributed by atoms with E-state index >= 15 is 0 Å². The fraction of sp³-hybridized carbons (Fsp3) is 0.320. The van der Waals surface area contributed by atoms with Crippen LogP contribution in [0.3, 0.4) is 0 Å². The van der Waals surface area contributed by atoms with Gasteiger partial charge in [-0.25, -0.2) is 4.79 Å². The van der Waals surface area contributed by atoms with E-state index in [1.54, 1.807) is 44.2 Å². The van der Waals surface area contributed by atoms with Crippen LogP contribution in [-0.2, 0) is 19.2 Å². The quantitative estimate of drug-likeness (QED) is 0.202. The van der Waals surface area contributed by atoms with E-state index in [1.807, 2.05) is 0 Å². The van der Waals surface area contributed by atoms with Crippen LogP contribution in [0.15, 0.2) is 48.5 Å². The van der Waals surface area contributed by atoms with Crippen molar-refractivity contribution in [1.29, 1.82) is 0 Å². The van der Waals surface area contributed by atoms with Gasteiger partial charge in [0.05, 0.1) is 12.1 Å². The Balaban J connectivity index is 1.44. The summed E-state index contributed by atoms with van der Waals surface area (Å²) in [5.41, 5.74) is 0.182. The minimum Gasteiger partial charge on any atom is -0.504 e. The molecular formula is C25H26N4O8S. The molecule has 0 spiro atoms. The number of amides is 4. The van der Waals surface area contributed by atoms with Gasteiger partial charge in [-0.05, 0) is 31.5 Å². The molecule has 2 aromatic carbocycles. The van der Waals surface area contributed by atoms with E-state index in [1.165, 1.54) is 34.9 Å². The number of para-hydroxylation sites is 1. The van der Waals surface area contributed by atoms with Gasteiger partial charge in [0.25, 0.3) is 5.91 Å². The summed E-state index contributed by atoms with van der Waals surface area (Å²) in [5.74, 6) is -5.01. The van der Waals surface area contributed by atoms with Gasteiger partial charge >= 0.3 is 5.97 Å². The highest BCUT2D eigenvalue weighted by molar-refractivity contribution is 8.01.